The van der Waals surface area contributed by atoms with E-state index in [4.69, 9.17) is 9.47 Å². The van der Waals surface area contributed by atoms with E-state index in [9.17, 15) is 19.8 Å². The van der Waals surface area contributed by atoms with Crippen molar-refractivity contribution in [2.45, 2.75) is 90.6 Å². The molecule has 2 aliphatic heterocycles. The van der Waals surface area contributed by atoms with Crippen molar-refractivity contribution in [1.29, 1.82) is 0 Å². The van der Waals surface area contributed by atoms with Crippen molar-refractivity contribution in [3.05, 3.63) is 43.5 Å². The lowest BCUT2D eigenvalue weighted by atomic mass is 9.75. The van der Waals surface area contributed by atoms with Crippen molar-refractivity contribution >= 4 is 11.0 Å². The van der Waals surface area contributed by atoms with Crippen LogP contribution in [0.25, 0.3) is 11.0 Å². The van der Waals surface area contributed by atoms with Gasteiger partial charge in [-0.3, -0.25) is 14.2 Å². The molecule has 0 amide bonds. The number of aliphatic hydroxyl groups is 2. The summed E-state index contributed by atoms with van der Waals surface area (Å²) in [5, 5.41) is 21.4. The summed E-state index contributed by atoms with van der Waals surface area (Å²) < 4.78 is 14.0. The van der Waals surface area contributed by atoms with Crippen LogP contribution in [0.4, 0.5) is 0 Å². The minimum absolute atomic E-state index is 0.138. The zero-order valence-corrected chi connectivity index (χ0v) is 19.1. The second-order valence-corrected chi connectivity index (χ2v) is 9.99. The van der Waals surface area contributed by atoms with Crippen molar-refractivity contribution in [3.8, 4) is 0 Å². The van der Waals surface area contributed by atoms with Crippen LogP contribution in [-0.2, 0) is 28.0 Å². The third-order valence-electron chi connectivity index (χ3n) is 6.85. The van der Waals surface area contributed by atoms with Crippen LogP contribution < -0.4 is 11.1 Å². The van der Waals surface area contributed by atoms with Crippen LogP contribution in [0.1, 0.15) is 50.8 Å². The molecular formula is C23H32N2O6. The van der Waals surface area contributed by atoms with Crippen molar-refractivity contribution in [1.82, 2.24) is 9.13 Å². The Morgan fingerprint density at radius 2 is 1.84 bits per heavy atom. The highest BCUT2D eigenvalue weighted by atomic mass is 16.7. The molecule has 2 aliphatic rings. The van der Waals surface area contributed by atoms with Crippen LogP contribution in [0.15, 0.2) is 15.7 Å². The van der Waals surface area contributed by atoms with Gasteiger partial charge in [-0.15, -0.1) is 0 Å². The second kappa shape index (κ2) is 7.27. The van der Waals surface area contributed by atoms with E-state index < -0.39 is 35.2 Å². The third kappa shape index (κ3) is 3.55. The summed E-state index contributed by atoms with van der Waals surface area (Å²) in [5.74, 6) is -0.846. The van der Waals surface area contributed by atoms with Gasteiger partial charge in [-0.25, -0.2) is 0 Å². The summed E-state index contributed by atoms with van der Waals surface area (Å²) in [7, 11) is 0. The fourth-order valence-electron chi connectivity index (χ4n) is 4.97. The molecule has 0 radical (unpaired) electrons. The highest BCUT2D eigenvalue weighted by Crippen LogP contribution is 2.40. The van der Waals surface area contributed by atoms with Crippen molar-refractivity contribution in [3.63, 3.8) is 0 Å². The number of aliphatic hydroxyl groups excluding tert-OH is 2. The average molecular weight is 433 g/mol. The van der Waals surface area contributed by atoms with E-state index in [0.29, 0.717) is 12.1 Å². The molecule has 0 saturated carbocycles. The number of aryl methyl sites for hydroxylation is 2. The Bertz CT molecular complexity index is 1160. The van der Waals surface area contributed by atoms with Crippen LogP contribution in [0.5, 0.6) is 0 Å². The molecule has 31 heavy (non-hydrogen) atoms. The van der Waals surface area contributed by atoms with E-state index >= 15 is 0 Å². The molecule has 1 aromatic carbocycles. The molecule has 0 bridgehead atoms. The third-order valence-corrected chi connectivity index (χ3v) is 6.85. The number of ether oxygens (including phenoxy) is 2. The Hall–Kier alpha value is -2.00. The van der Waals surface area contributed by atoms with Gasteiger partial charge in [0.25, 0.3) is 0 Å². The summed E-state index contributed by atoms with van der Waals surface area (Å²) in [4.78, 5) is 26.0. The maximum absolute atomic E-state index is 13.0. The zero-order valence-electron chi connectivity index (χ0n) is 19.1. The number of benzene rings is 1. The van der Waals surface area contributed by atoms with Gasteiger partial charge in [0.15, 0.2) is 5.79 Å². The van der Waals surface area contributed by atoms with E-state index in [1.807, 2.05) is 19.9 Å². The maximum Gasteiger partial charge on any atom is 0.317 e. The van der Waals surface area contributed by atoms with E-state index in [2.05, 4.69) is 13.8 Å². The van der Waals surface area contributed by atoms with Crippen LogP contribution in [0.3, 0.4) is 0 Å². The highest BCUT2D eigenvalue weighted by Gasteiger charge is 2.40. The Balaban J connectivity index is 1.84. The first kappa shape index (κ1) is 22.2. The van der Waals surface area contributed by atoms with Crippen LogP contribution >= 0.6 is 0 Å². The summed E-state index contributed by atoms with van der Waals surface area (Å²) >= 11 is 0. The van der Waals surface area contributed by atoms with Gasteiger partial charge in [0, 0.05) is 6.54 Å². The summed E-state index contributed by atoms with van der Waals surface area (Å²) in [5.41, 5.74) is 3.08. The molecule has 4 rings (SSSR count). The van der Waals surface area contributed by atoms with Gasteiger partial charge in [-0.2, -0.15) is 0 Å². The van der Waals surface area contributed by atoms with E-state index in [-0.39, 0.29) is 18.6 Å². The minimum Gasteiger partial charge on any atom is -0.388 e. The first-order valence-corrected chi connectivity index (χ1v) is 10.8. The fourth-order valence-corrected chi connectivity index (χ4v) is 4.97. The molecule has 2 N–H and O–H groups in total. The number of rotatable bonds is 4. The lowest BCUT2D eigenvalue weighted by molar-refractivity contribution is -0.161. The monoisotopic (exact) mass is 432 g/mol. The lowest BCUT2D eigenvalue weighted by Gasteiger charge is -2.36. The standard InChI is InChI=1S/C23H32N2O6/c1-12-9-14-18-17(13(12)2)22(3,4)7-8-24(18)20(28)21(29)25(14)10-15(26)19(27)16-11-30-23(5,6)31-16/h9,15-16,19,26-27H,7-8,10-11H2,1-6H3/t15?,16-,19?/m1/s1. The zero-order chi connectivity index (χ0) is 22.9. The first-order chi connectivity index (χ1) is 14.3. The first-order valence-electron chi connectivity index (χ1n) is 10.8. The topological polar surface area (TPSA) is 103 Å². The van der Waals surface area contributed by atoms with Gasteiger partial charge < -0.3 is 24.3 Å². The van der Waals surface area contributed by atoms with Crippen LogP contribution in [0.2, 0.25) is 0 Å². The molecule has 2 aromatic rings. The van der Waals surface area contributed by atoms with Gasteiger partial charge in [0.2, 0.25) is 0 Å². The molecule has 1 fully saturated rings. The largest absolute Gasteiger partial charge is 0.388 e. The molecule has 1 saturated heterocycles. The van der Waals surface area contributed by atoms with E-state index in [1.165, 1.54) is 4.57 Å². The quantitative estimate of drug-likeness (QED) is 0.707. The molecule has 8 heteroatoms. The predicted octanol–water partition coefficient (Wildman–Crippen LogP) is 1.33. The van der Waals surface area contributed by atoms with Gasteiger partial charge in [0.1, 0.15) is 18.3 Å². The van der Waals surface area contributed by atoms with Crippen LogP contribution in [-0.4, -0.2) is 50.1 Å². The van der Waals surface area contributed by atoms with Gasteiger partial charge in [-0.05, 0) is 62.3 Å². The molecule has 170 valence electrons. The normalized spacial score (nSPS) is 23.8. The summed E-state index contributed by atoms with van der Waals surface area (Å²) in [6.45, 7) is 12.2. The van der Waals surface area contributed by atoms with Crippen LogP contribution in [0, 0.1) is 13.8 Å². The second-order valence-electron chi connectivity index (χ2n) is 9.99. The van der Waals surface area contributed by atoms with Gasteiger partial charge >= 0.3 is 11.1 Å². The predicted molar refractivity (Wildman–Crippen MR) is 117 cm³/mol. The highest BCUT2D eigenvalue weighted by molar-refractivity contribution is 5.83. The fraction of sp³-hybridized carbons (Fsp3) is 0.652. The van der Waals surface area contributed by atoms with Gasteiger partial charge in [-0.1, -0.05) is 13.8 Å². The Morgan fingerprint density at radius 1 is 1.16 bits per heavy atom. The van der Waals surface area contributed by atoms with Crippen molar-refractivity contribution < 1.29 is 19.7 Å². The summed E-state index contributed by atoms with van der Waals surface area (Å²) in [6.07, 6.45) is -2.52. The average Bonchev–Trinajstić information content (AvgIpc) is 3.05. The minimum atomic E-state index is -1.31. The van der Waals surface area contributed by atoms with E-state index in [0.717, 1.165) is 28.6 Å². The summed E-state index contributed by atoms with van der Waals surface area (Å²) in [6, 6.07) is 1.89. The SMILES string of the molecule is Cc1cc2c3c(c1C)C(C)(C)CCn3c(=O)c(=O)n2CC(O)C(O)[C@H]1COC(C)(C)O1. The molecule has 2 unspecified atom stereocenters. The lowest BCUT2D eigenvalue weighted by Crippen LogP contribution is -2.48. The Labute approximate surface area is 181 Å². The molecule has 0 spiro atoms. The molecule has 1 aromatic heterocycles. The Kier molecular flexibility index (Phi) is 5.20. The maximum atomic E-state index is 13.0. The number of aromatic nitrogens is 2. The van der Waals surface area contributed by atoms with Crippen molar-refractivity contribution in [2.75, 3.05) is 6.61 Å². The number of hydrogen-bond acceptors (Lipinski definition) is 6. The van der Waals surface area contributed by atoms with Crippen molar-refractivity contribution in [2.24, 2.45) is 0 Å². The molecular weight excluding hydrogens is 400 g/mol. The molecule has 3 atom stereocenters. The molecule has 0 aliphatic carbocycles. The molecule has 3 heterocycles. The number of hydrogen-bond donors (Lipinski definition) is 2. The Morgan fingerprint density at radius 3 is 2.45 bits per heavy atom. The molecule has 8 nitrogen and oxygen atoms in total. The smallest absolute Gasteiger partial charge is 0.317 e. The van der Waals surface area contributed by atoms with Gasteiger partial charge in [0.05, 0.1) is 24.2 Å². The van der Waals surface area contributed by atoms with E-state index in [1.54, 1.807) is 18.4 Å². The number of nitrogens with zero attached hydrogens (tertiary/aromatic N) is 2.